The lowest BCUT2D eigenvalue weighted by Crippen LogP contribution is -2.06. The molecule has 0 amide bonds. The third-order valence-electron chi connectivity index (χ3n) is 5.06. The highest BCUT2D eigenvalue weighted by molar-refractivity contribution is 5.97. The lowest BCUT2D eigenvalue weighted by Gasteiger charge is -2.14. The van der Waals surface area contributed by atoms with Gasteiger partial charge in [-0.05, 0) is 46.7 Å². The van der Waals surface area contributed by atoms with Crippen LogP contribution in [-0.2, 0) is 12.6 Å². The Morgan fingerprint density at radius 3 is 2.24 bits per heavy atom. The number of pyridine rings is 1. The molecule has 0 aliphatic heterocycles. The minimum Gasteiger partial charge on any atom is -0.256 e. The van der Waals surface area contributed by atoms with E-state index in [0.717, 1.165) is 30.0 Å². The van der Waals surface area contributed by atoms with Gasteiger partial charge in [-0.1, -0.05) is 67.9 Å². The molecule has 0 saturated carbocycles. The molecular weight excluding hydrogens is 371 g/mol. The van der Waals surface area contributed by atoms with Gasteiger partial charge in [0.15, 0.2) is 0 Å². The number of nitrogens with zero attached hydrogens (tertiary/aromatic N) is 1. The molecular formula is C25H20F3N. The summed E-state index contributed by atoms with van der Waals surface area (Å²) >= 11 is 0. The number of rotatable bonds is 4. The van der Waals surface area contributed by atoms with Crippen LogP contribution in [0.2, 0.25) is 0 Å². The second-order valence-electron chi connectivity index (χ2n) is 7.09. The molecule has 0 N–H and O–H groups in total. The largest absolute Gasteiger partial charge is 0.417 e. The first-order valence-electron chi connectivity index (χ1n) is 9.62. The van der Waals surface area contributed by atoms with E-state index >= 15 is 0 Å². The topological polar surface area (TPSA) is 12.9 Å². The van der Waals surface area contributed by atoms with Gasteiger partial charge in [0.05, 0.1) is 11.3 Å². The highest BCUT2D eigenvalue weighted by atomic mass is 19.4. The fraction of sp³-hybridized carbons (Fsp3) is 0.160. The Bertz CT molecular complexity index is 1140. The van der Waals surface area contributed by atoms with Crippen LogP contribution in [0.4, 0.5) is 13.2 Å². The van der Waals surface area contributed by atoms with E-state index in [9.17, 15) is 13.2 Å². The monoisotopic (exact) mass is 391 g/mol. The van der Waals surface area contributed by atoms with Crippen molar-refractivity contribution in [3.05, 3.63) is 90.1 Å². The molecule has 1 heterocycles. The molecule has 4 aromatic rings. The summed E-state index contributed by atoms with van der Waals surface area (Å²) in [5, 5.41) is 0.664. The summed E-state index contributed by atoms with van der Waals surface area (Å²) < 4.78 is 40.9. The summed E-state index contributed by atoms with van der Waals surface area (Å²) in [5.74, 6) is 0. The van der Waals surface area contributed by atoms with Crippen LogP contribution in [0.5, 0.6) is 0 Å². The molecule has 3 aromatic carbocycles. The maximum Gasteiger partial charge on any atom is 0.417 e. The van der Waals surface area contributed by atoms with Crippen LogP contribution < -0.4 is 0 Å². The van der Waals surface area contributed by atoms with Crippen molar-refractivity contribution in [2.24, 2.45) is 0 Å². The van der Waals surface area contributed by atoms with Crippen LogP contribution in [0.15, 0.2) is 79.0 Å². The molecule has 0 saturated heterocycles. The molecule has 1 nitrogen and oxygen atoms in total. The van der Waals surface area contributed by atoms with Gasteiger partial charge < -0.3 is 0 Å². The number of fused-ring (bicyclic) bond motifs is 1. The van der Waals surface area contributed by atoms with Crippen molar-refractivity contribution in [3.63, 3.8) is 0 Å². The van der Waals surface area contributed by atoms with E-state index < -0.39 is 11.7 Å². The zero-order valence-corrected chi connectivity index (χ0v) is 16.0. The fourth-order valence-corrected chi connectivity index (χ4v) is 3.68. The van der Waals surface area contributed by atoms with Crippen molar-refractivity contribution < 1.29 is 13.2 Å². The van der Waals surface area contributed by atoms with Gasteiger partial charge in [0.1, 0.15) is 0 Å². The first kappa shape index (κ1) is 19.2. The van der Waals surface area contributed by atoms with Crippen LogP contribution in [-0.4, -0.2) is 4.98 Å². The predicted molar refractivity (Wildman–Crippen MR) is 112 cm³/mol. The Balaban J connectivity index is 1.84. The lowest BCUT2D eigenvalue weighted by molar-refractivity contribution is -0.136. The van der Waals surface area contributed by atoms with Gasteiger partial charge >= 0.3 is 6.18 Å². The number of aryl methyl sites for hydroxylation is 1. The Hall–Kier alpha value is -3.14. The smallest absolute Gasteiger partial charge is 0.256 e. The molecule has 4 heteroatoms. The number of alkyl halides is 3. The van der Waals surface area contributed by atoms with Gasteiger partial charge in [0, 0.05) is 17.1 Å². The van der Waals surface area contributed by atoms with E-state index in [1.807, 2.05) is 24.3 Å². The van der Waals surface area contributed by atoms with Crippen molar-refractivity contribution in [2.45, 2.75) is 25.9 Å². The van der Waals surface area contributed by atoms with Crippen molar-refractivity contribution in [3.8, 4) is 22.4 Å². The van der Waals surface area contributed by atoms with E-state index in [0.29, 0.717) is 16.6 Å². The summed E-state index contributed by atoms with van der Waals surface area (Å²) in [5.41, 5.74) is 3.62. The Morgan fingerprint density at radius 2 is 1.52 bits per heavy atom. The molecule has 0 aliphatic rings. The van der Waals surface area contributed by atoms with Crippen molar-refractivity contribution in [1.82, 2.24) is 4.98 Å². The van der Waals surface area contributed by atoms with E-state index in [1.165, 1.54) is 11.6 Å². The molecule has 0 atom stereocenters. The molecule has 1 aromatic heterocycles. The van der Waals surface area contributed by atoms with Gasteiger partial charge in [-0.2, -0.15) is 13.2 Å². The van der Waals surface area contributed by atoms with Crippen LogP contribution in [0.1, 0.15) is 24.5 Å². The second-order valence-corrected chi connectivity index (χ2v) is 7.09. The fourth-order valence-electron chi connectivity index (χ4n) is 3.68. The summed E-state index contributed by atoms with van der Waals surface area (Å²) in [4.78, 5) is 4.32. The van der Waals surface area contributed by atoms with E-state index in [-0.39, 0.29) is 5.39 Å². The van der Waals surface area contributed by atoms with Crippen molar-refractivity contribution >= 4 is 10.8 Å². The van der Waals surface area contributed by atoms with Gasteiger partial charge in [-0.25, -0.2) is 0 Å². The summed E-state index contributed by atoms with van der Waals surface area (Å²) in [6.07, 6.45) is -0.766. The number of hydrogen-bond donors (Lipinski definition) is 0. The third kappa shape index (κ3) is 3.88. The first-order valence-corrected chi connectivity index (χ1v) is 9.62. The maximum absolute atomic E-state index is 13.6. The first-order chi connectivity index (χ1) is 14.0. The van der Waals surface area contributed by atoms with Crippen LogP contribution in [0.3, 0.4) is 0 Å². The molecule has 4 rings (SSSR count). The van der Waals surface area contributed by atoms with E-state index in [1.54, 1.807) is 18.3 Å². The zero-order valence-electron chi connectivity index (χ0n) is 16.0. The van der Waals surface area contributed by atoms with Gasteiger partial charge in [0.25, 0.3) is 0 Å². The van der Waals surface area contributed by atoms with Crippen molar-refractivity contribution in [1.29, 1.82) is 0 Å². The lowest BCUT2D eigenvalue weighted by atomic mass is 9.96. The summed E-state index contributed by atoms with van der Waals surface area (Å²) in [6.45, 7) is 2.14. The van der Waals surface area contributed by atoms with Crippen molar-refractivity contribution in [2.75, 3.05) is 0 Å². The minimum absolute atomic E-state index is 0.137. The molecule has 0 aliphatic carbocycles. The molecule has 0 spiro atoms. The molecule has 146 valence electrons. The number of hydrogen-bond acceptors (Lipinski definition) is 1. The van der Waals surface area contributed by atoms with Gasteiger partial charge in [-0.15, -0.1) is 0 Å². The van der Waals surface area contributed by atoms with E-state index in [4.69, 9.17) is 0 Å². The Labute approximate surface area is 167 Å². The highest BCUT2D eigenvalue weighted by Gasteiger charge is 2.33. The zero-order chi connectivity index (χ0) is 20.4. The molecule has 0 radical (unpaired) electrons. The predicted octanol–water partition coefficient (Wildman–Crippen LogP) is 7.54. The molecule has 0 unspecified atom stereocenters. The van der Waals surface area contributed by atoms with Crippen LogP contribution in [0.25, 0.3) is 33.2 Å². The standard InChI is InChI=1S/C25H20F3N/c1-2-5-17-10-12-18(13-11-17)20-7-3-8-21(16-20)24-23-19(14-15-29-24)6-4-9-22(23)25(26,27)28/h3-4,6-16H,2,5H2,1H3. The third-order valence-corrected chi connectivity index (χ3v) is 5.06. The summed E-state index contributed by atoms with van der Waals surface area (Å²) in [6, 6.07) is 21.7. The Kier molecular flexibility index (Phi) is 5.10. The number of benzene rings is 3. The second kappa shape index (κ2) is 7.70. The normalized spacial score (nSPS) is 11.7. The van der Waals surface area contributed by atoms with E-state index in [2.05, 4.69) is 36.2 Å². The highest BCUT2D eigenvalue weighted by Crippen LogP contribution is 2.39. The molecule has 0 bridgehead atoms. The average Bonchev–Trinajstić information content (AvgIpc) is 2.73. The molecule has 0 fully saturated rings. The summed E-state index contributed by atoms with van der Waals surface area (Å²) in [7, 11) is 0. The SMILES string of the molecule is CCCc1ccc(-c2cccc(-c3nccc4cccc(C(F)(F)F)c34)c2)cc1. The average molecular weight is 391 g/mol. The van der Waals surface area contributed by atoms with Gasteiger partial charge in [0.2, 0.25) is 0 Å². The number of aromatic nitrogens is 1. The van der Waals surface area contributed by atoms with Crippen LogP contribution in [0, 0.1) is 0 Å². The maximum atomic E-state index is 13.6. The number of halogens is 3. The minimum atomic E-state index is -4.44. The quantitative estimate of drug-likeness (QED) is 0.350. The molecule has 29 heavy (non-hydrogen) atoms. The Morgan fingerprint density at radius 1 is 0.793 bits per heavy atom. The van der Waals surface area contributed by atoms with Crippen LogP contribution >= 0.6 is 0 Å². The van der Waals surface area contributed by atoms with Gasteiger partial charge in [-0.3, -0.25) is 4.98 Å².